The van der Waals surface area contributed by atoms with Gasteiger partial charge in [0.25, 0.3) is 0 Å². The second kappa shape index (κ2) is 3.22. The number of allylic oxidation sites excluding steroid dienone is 2. The molecule has 0 amide bonds. The number of amidine groups is 1. The molecule has 4 heteroatoms. The second-order valence-electron chi connectivity index (χ2n) is 3.19. The lowest BCUT2D eigenvalue weighted by atomic mass is 10.0. The molecule has 0 aromatic rings. The number of nitrogens with zero attached hydrogens (tertiary/aromatic N) is 1. The van der Waals surface area contributed by atoms with Gasteiger partial charge in [0.1, 0.15) is 5.84 Å². The van der Waals surface area contributed by atoms with Crippen LogP contribution in [0.15, 0.2) is 28.5 Å². The van der Waals surface area contributed by atoms with Crippen LogP contribution in [-0.2, 0) is 0 Å². The lowest BCUT2D eigenvalue weighted by Gasteiger charge is -2.16. The zero-order valence-corrected chi connectivity index (χ0v) is 7.67. The summed E-state index contributed by atoms with van der Waals surface area (Å²) in [6.07, 6.45) is 5.08. The molecule has 4 N–H and O–H groups in total. The summed E-state index contributed by atoms with van der Waals surface area (Å²) in [5.41, 5.74) is 7.89. The number of rotatable bonds is 2. The summed E-state index contributed by atoms with van der Waals surface area (Å²) in [7, 11) is 1.93. The van der Waals surface area contributed by atoms with Crippen molar-refractivity contribution < 1.29 is 0 Å². The van der Waals surface area contributed by atoms with Crippen molar-refractivity contribution in [1.82, 2.24) is 10.6 Å². The van der Waals surface area contributed by atoms with Crippen LogP contribution in [0.5, 0.6) is 0 Å². The second-order valence-corrected chi connectivity index (χ2v) is 3.19. The van der Waals surface area contributed by atoms with Crippen molar-refractivity contribution in [1.29, 1.82) is 0 Å². The van der Waals surface area contributed by atoms with E-state index in [1.807, 2.05) is 7.05 Å². The van der Waals surface area contributed by atoms with E-state index in [1.165, 1.54) is 11.4 Å². The predicted molar refractivity (Wildman–Crippen MR) is 53.3 cm³/mol. The minimum absolute atomic E-state index is 0.256. The average Bonchev–Trinajstić information content (AvgIpc) is 2.58. The number of aliphatic imine (C=N–C) groups is 1. The van der Waals surface area contributed by atoms with Gasteiger partial charge in [-0.15, -0.1) is 0 Å². The van der Waals surface area contributed by atoms with E-state index in [4.69, 9.17) is 5.73 Å². The smallest absolute Gasteiger partial charge is 0.115 e. The number of nitrogens with one attached hydrogen (secondary N) is 2. The molecule has 1 heterocycles. The van der Waals surface area contributed by atoms with E-state index in [1.54, 1.807) is 0 Å². The summed E-state index contributed by atoms with van der Waals surface area (Å²) in [4.78, 5) is 4.46. The van der Waals surface area contributed by atoms with Gasteiger partial charge in [0, 0.05) is 24.9 Å². The summed E-state index contributed by atoms with van der Waals surface area (Å²) in [5.74, 6) is 0.891. The summed E-state index contributed by atoms with van der Waals surface area (Å²) < 4.78 is 0. The summed E-state index contributed by atoms with van der Waals surface area (Å²) in [5, 5.41) is 6.34. The molecule has 4 nitrogen and oxygen atoms in total. The monoisotopic (exact) mass is 178 g/mol. The Morgan fingerprint density at radius 3 is 3.23 bits per heavy atom. The molecule has 0 radical (unpaired) electrons. The molecule has 0 aromatic carbocycles. The van der Waals surface area contributed by atoms with Crippen LogP contribution in [0.2, 0.25) is 0 Å². The van der Waals surface area contributed by atoms with Crippen molar-refractivity contribution >= 4 is 5.84 Å². The van der Waals surface area contributed by atoms with Gasteiger partial charge >= 0.3 is 0 Å². The lowest BCUT2D eigenvalue weighted by molar-refractivity contribution is 0.713. The standard InChI is InChI=1S/C9H14N4/c1-11-6-2-3-7-8(4-6)13-9(5-10)12-7/h2-3,8,11H,4-5,10H2,1H3,(H,12,13). The Hall–Kier alpha value is -1.29. The third-order valence-electron chi connectivity index (χ3n) is 2.35. The molecule has 2 rings (SSSR count). The van der Waals surface area contributed by atoms with Gasteiger partial charge < -0.3 is 16.4 Å². The van der Waals surface area contributed by atoms with Crippen molar-refractivity contribution in [3.63, 3.8) is 0 Å². The highest BCUT2D eigenvalue weighted by molar-refractivity contribution is 5.88. The predicted octanol–water partition coefficient (Wildman–Crippen LogP) is -0.294. The molecule has 1 aliphatic carbocycles. The molecule has 0 aromatic heterocycles. The molecule has 70 valence electrons. The molecule has 1 unspecified atom stereocenters. The topological polar surface area (TPSA) is 62.4 Å². The average molecular weight is 178 g/mol. The SMILES string of the molecule is CNC1=CC=C2NC(CN)=NC2C1. The molecule has 0 bridgehead atoms. The third-order valence-corrected chi connectivity index (χ3v) is 2.35. The Bertz CT molecular complexity index is 301. The van der Waals surface area contributed by atoms with Gasteiger partial charge in [0.05, 0.1) is 12.6 Å². The lowest BCUT2D eigenvalue weighted by Crippen LogP contribution is -2.27. The van der Waals surface area contributed by atoms with Crippen LogP contribution < -0.4 is 16.4 Å². The Labute approximate surface area is 77.6 Å². The maximum absolute atomic E-state index is 5.50. The van der Waals surface area contributed by atoms with Crippen molar-refractivity contribution in [2.24, 2.45) is 10.7 Å². The van der Waals surface area contributed by atoms with E-state index in [0.29, 0.717) is 6.54 Å². The Kier molecular flexibility index (Phi) is 2.06. The summed E-state index contributed by atoms with van der Waals surface area (Å²) >= 11 is 0. The van der Waals surface area contributed by atoms with E-state index in [0.717, 1.165) is 12.3 Å². The van der Waals surface area contributed by atoms with Crippen molar-refractivity contribution in [2.45, 2.75) is 12.5 Å². The van der Waals surface area contributed by atoms with E-state index >= 15 is 0 Å². The van der Waals surface area contributed by atoms with Crippen LogP contribution in [-0.4, -0.2) is 25.5 Å². The Morgan fingerprint density at radius 1 is 1.69 bits per heavy atom. The third kappa shape index (κ3) is 1.45. The molecule has 1 aliphatic heterocycles. The number of nitrogens with two attached hydrogens (primary N) is 1. The van der Waals surface area contributed by atoms with Crippen LogP contribution in [0.1, 0.15) is 6.42 Å². The van der Waals surface area contributed by atoms with Crippen LogP contribution in [0.25, 0.3) is 0 Å². The van der Waals surface area contributed by atoms with Gasteiger partial charge in [-0.05, 0) is 12.2 Å². The molecule has 0 spiro atoms. The van der Waals surface area contributed by atoms with Gasteiger partial charge in [0.15, 0.2) is 0 Å². The molecule has 13 heavy (non-hydrogen) atoms. The van der Waals surface area contributed by atoms with E-state index in [9.17, 15) is 0 Å². The van der Waals surface area contributed by atoms with Crippen molar-refractivity contribution in [3.05, 3.63) is 23.5 Å². The fraction of sp³-hybridized carbons (Fsp3) is 0.444. The highest BCUT2D eigenvalue weighted by Gasteiger charge is 2.24. The number of fused-ring (bicyclic) bond motifs is 1. The van der Waals surface area contributed by atoms with Gasteiger partial charge in [-0.1, -0.05) is 0 Å². The Balaban J connectivity index is 2.15. The van der Waals surface area contributed by atoms with Crippen molar-refractivity contribution in [2.75, 3.05) is 13.6 Å². The minimum atomic E-state index is 0.256. The maximum atomic E-state index is 5.50. The zero-order chi connectivity index (χ0) is 9.26. The molecule has 0 fully saturated rings. The zero-order valence-electron chi connectivity index (χ0n) is 7.67. The highest BCUT2D eigenvalue weighted by atomic mass is 15.1. The van der Waals surface area contributed by atoms with Gasteiger partial charge in [-0.2, -0.15) is 0 Å². The first kappa shape index (κ1) is 8.31. The largest absolute Gasteiger partial charge is 0.391 e. The van der Waals surface area contributed by atoms with Crippen LogP contribution in [0.4, 0.5) is 0 Å². The van der Waals surface area contributed by atoms with Crippen LogP contribution >= 0.6 is 0 Å². The molecular weight excluding hydrogens is 164 g/mol. The molecule has 2 aliphatic rings. The quantitative estimate of drug-likeness (QED) is 0.544. The molecular formula is C9H14N4. The van der Waals surface area contributed by atoms with Gasteiger partial charge in [-0.3, -0.25) is 4.99 Å². The molecule has 1 atom stereocenters. The number of hydrogen-bond acceptors (Lipinski definition) is 4. The highest BCUT2D eigenvalue weighted by Crippen LogP contribution is 2.22. The van der Waals surface area contributed by atoms with E-state index < -0.39 is 0 Å². The molecule has 0 saturated heterocycles. The number of hydrogen-bond donors (Lipinski definition) is 3. The normalized spacial score (nSPS) is 25.4. The van der Waals surface area contributed by atoms with Crippen LogP contribution in [0.3, 0.4) is 0 Å². The minimum Gasteiger partial charge on any atom is -0.391 e. The first-order valence-electron chi connectivity index (χ1n) is 4.45. The van der Waals surface area contributed by atoms with E-state index in [2.05, 4.69) is 27.8 Å². The fourth-order valence-corrected chi connectivity index (χ4v) is 1.60. The van der Waals surface area contributed by atoms with E-state index in [-0.39, 0.29) is 6.04 Å². The summed E-state index contributed by atoms with van der Waals surface area (Å²) in [6.45, 7) is 0.489. The summed E-state index contributed by atoms with van der Waals surface area (Å²) in [6, 6.07) is 0.256. The fourth-order valence-electron chi connectivity index (χ4n) is 1.60. The van der Waals surface area contributed by atoms with Crippen LogP contribution in [0, 0.1) is 0 Å². The first-order chi connectivity index (χ1) is 6.33. The van der Waals surface area contributed by atoms with Gasteiger partial charge in [0.2, 0.25) is 0 Å². The van der Waals surface area contributed by atoms with Crippen molar-refractivity contribution in [3.8, 4) is 0 Å². The Morgan fingerprint density at radius 2 is 2.54 bits per heavy atom. The molecule has 0 saturated carbocycles. The first-order valence-corrected chi connectivity index (χ1v) is 4.45. The van der Waals surface area contributed by atoms with Gasteiger partial charge in [-0.25, -0.2) is 0 Å². The maximum Gasteiger partial charge on any atom is 0.115 e.